The lowest BCUT2D eigenvalue weighted by Gasteiger charge is -2.45. The van der Waals surface area contributed by atoms with Crippen molar-refractivity contribution in [3.05, 3.63) is 0 Å². The molecule has 76 valence electrons. The van der Waals surface area contributed by atoms with Crippen LogP contribution in [0.2, 0.25) is 0 Å². The molecule has 0 saturated carbocycles. The highest BCUT2D eigenvalue weighted by molar-refractivity contribution is 7.51. The summed E-state index contributed by atoms with van der Waals surface area (Å²) in [7, 11) is 0.414. The molecule has 2 saturated heterocycles. The van der Waals surface area contributed by atoms with Crippen LogP contribution in [0.5, 0.6) is 0 Å². The zero-order chi connectivity index (χ0) is 9.53. The van der Waals surface area contributed by atoms with Gasteiger partial charge in [0, 0.05) is 0 Å². The van der Waals surface area contributed by atoms with Gasteiger partial charge in [0.2, 0.25) is 0 Å². The molecule has 0 unspecified atom stereocenters. The highest BCUT2D eigenvalue weighted by atomic mass is 31.2. The predicted molar refractivity (Wildman–Crippen MR) is 46.4 cm³/mol. The Morgan fingerprint density at radius 3 is 2.00 bits per heavy atom. The van der Waals surface area contributed by atoms with E-state index in [-0.39, 0.29) is 5.41 Å². The van der Waals surface area contributed by atoms with Gasteiger partial charge in [-0.1, -0.05) is 0 Å². The van der Waals surface area contributed by atoms with Crippen LogP contribution >= 0.6 is 7.75 Å². The number of nitrogens with zero attached hydrogens (tertiary/aromatic N) is 1. The molecule has 0 radical (unpaired) electrons. The molecular formula is C7H14NO4P. The van der Waals surface area contributed by atoms with Crippen molar-refractivity contribution in [2.45, 2.75) is 0 Å². The zero-order valence-electron chi connectivity index (χ0n) is 7.86. The van der Waals surface area contributed by atoms with E-state index in [1.807, 2.05) is 0 Å². The van der Waals surface area contributed by atoms with Gasteiger partial charge in [0.1, 0.15) is 0 Å². The van der Waals surface area contributed by atoms with Crippen molar-refractivity contribution in [2.75, 3.05) is 40.5 Å². The fourth-order valence-electron chi connectivity index (χ4n) is 1.30. The van der Waals surface area contributed by atoms with Gasteiger partial charge < -0.3 is 4.74 Å². The van der Waals surface area contributed by atoms with Crippen molar-refractivity contribution < 1.29 is 18.3 Å². The van der Waals surface area contributed by atoms with Crippen LogP contribution in [0.4, 0.5) is 0 Å². The normalized spacial score (nSPS) is 30.4. The molecule has 0 aromatic rings. The van der Waals surface area contributed by atoms with Crippen molar-refractivity contribution in [2.24, 2.45) is 5.41 Å². The van der Waals surface area contributed by atoms with Crippen LogP contribution in [0.25, 0.3) is 0 Å². The Morgan fingerprint density at radius 2 is 1.69 bits per heavy atom. The highest BCUT2D eigenvalue weighted by Crippen LogP contribution is 2.56. The molecule has 0 atom stereocenters. The fourth-order valence-corrected chi connectivity index (χ4v) is 2.71. The Morgan fingerprint density at radius 1 is 1.15 bits per heavy atom. The average molecular weight is 207 g/mol. The van der Waals surface area contributed by atoms with E-state index >= 15 is 0 Å². The smallest absolute Gasteiger partial charge is 0.380 e. The number of hydrogen-bond donors (Lipinski definition) is 0. The van der Waals surface area contributed by atoms with Gasteiger partial charge in [-0.05, 0) is 14.1 Å². The summed E-state index contributed by atoms with van der Waals surface area (Å²) in [5, 5.41) is 0. The molecule has 2 fully saturated rings. The lowest BCUT2D eigenvalue weighted by Crippen LogP contribution is -2.51. The van der Waals surface area contributed by atoms with Gasteiger partial charge in [-0.25, -0.2) is 9.24 Å². The van der Waals surface area contributed by atoms with Gasteiger partial charge in [0.15, 0.2) is 0 Å². The molecule has 2 aliphatic heterocycles. The largest absolute Gasteiger partial charge is 0.407 e. The molecule has 0 bridgehead atoms. The molecule has 0 aromatic heterocycles. The molecule has 0 aromatic carbocycles. The molecule has 2 heterocycles. The second-order valence-corrected chi connectivity index (χ2v) is 6.11. The Hall–Kier alpha value is 0.0700. The third kappa shape index (κ3) is 1.55. The monoisotopic (exact) mass is 207 g/mol. The minimum atomic E-state index is -2.97. The molecule has 2 rings (SSSR count). The van der Waals surface area contributed by atoms with Gasteiger partial charge in [-0.15, -0.1) is 0 Å². The van der Waals surface area contributed by atoms with Gasteiger partial charge in [-0.2, -0.15) is 0 Å². The molecule has 0 amide bonds. The van der Waals surface area contributed by atoms with Crippen molar-refractivity contribution in [1.82, 2.24) is 4.67 Å². The summed E-state index contributed by atoms with van der Waals surface area (Å²) in [5.41, 5.74) is -0.0239. The Balaban J connectivity index is 1.99. The Kier molecular flexibility index (Phi) is 2.25. The Bertz CT molecular complexity index is 237. The standard InChI is InChI=1S/C7H14NO4P/c1-8(2)13(9)11-5-7(6-12-13)3-10-4-7/h3-6H2,1-2H3. The molecule has 5 nitrogen and oxygen atoms in total. The molecule has 2 aliphatic rings. The first kappa shape index (κ1) is 9.62. The predicted octanol–water partition coefficient (Wildman–Crippen LogP) is 0.720. The maximum atomic E-state index is 11.8. The minimum absolute atomic E-state index is 0.0239. The zero-order valence-corrected chi connectivity index (χ0v) is 8.75. The third-order valence-electron chi connectivity index (χ3n) is 2.37. The van der Waals surface area contributed by atoms with Crippen LogP contribution in [-0.2, 0) is 18.3 Å². The summed E-state index contributed by atoms with van der Waals surface area (Å²) in [6.45, 7) is 2.26. The summed E-state index contributed by atoms with van der Waals surface area (Å²) in [6.07, 6.45) is 0. The summed E-state index contributed by atoms with van der Waals surface area (Å²) >= 11 is 0. The molecule has 1 spiro atoms. The number of ether oxygens (including phenoxy) is 1. The van der Waals surface area contributed by atoms with Crippen molar-refractivity contribution in [3.8, 4) is 0 Å². The van der Waals surface area contributed by atoms with Gasteiger partial charge in [0.25, 0.3) is 0 Å². The van der Waals surface area contributed by atoms with E-state index in [0.717, 1.165) is 0 Å². The lowest BCUT2D eigenvalue weighted by molar-refractivity contribution is -0.169. The summed E-state index contributed by atoms with van der Waals surface area (Å²) in [6, 6.07) is 0. The van der Waals surface area contributed by atoms with Crippen molar-refractivity contribution in [3.63, 3.8) is 0 Å². The van der Waals surface area contributed by atoms with Gasteiger partial charge in [-0.3, -0.25) is 9.05 Å². The van der Waals surface area contributed by atoms with E-state index in [1.54, 1.807) is 14.1 Å². The first-order valence-corrected chi connectivity index (χ1v) is 5.71. The van der Waals surface area contributed by atoms with E-state index in [4.69, 9.17) is 13.8 Å². The second-order valence-electron chi connectivity index (χ2n) is 3.86. The number of rotatable bonds is 1. The topological polar surface area (TPSA) is 48.0 Å². The quantitative estimate of drug-likeness (QED) is 0.593. The van der Waals surface area contributed by atoms with Gasteiger partial charge >= 0.3 is 7.75 Å². The van der Waals surface area contributed by atoms with Crippen LogP contribution in [0.3, 0.4) is 0 Å². The fraction of sp³-hybridized carbons (Fsp3) is 1.00. The van der Waals surface area contributed by atoms with E-state index in [0.29, 0.717) is 26.4 Å². The van der Waals surface area contributed by atoms with Crippen LogP contribution in [0.15, 0.2) is 0 Å². The van der Waals surface area contributed by atoms with E-state index in [1.165, 1.54) is 4.67 Å². The van der Waals surface area contributed by atoms with E-state index in [2.05, 4.69) is 0 Å². The van der Waals surface area contributed by atoms with Crippen molar-refractivity contribution >= 4 is 7.75 Å². The third-order valence-corrected chi connectivity index (χ3v) is 4.26. The first-order valence-electron chi connectivity index (χ1n) is 4.21. The van der Waals surface area contributed by atoms with Gasteiger partial charge in [0.05, 0.1) is 31.8 Å². The maximum absolute atomic E-state index is 11.8. The Labute approximate surface area is 77.5 Å². The first-order chi connectivity index (χ1) is 6.06. The van der Waals surface area contributed by atoms with Crippen molar-refractivity contribution in [1.29, 1.82) is 0 Å². The molecule has 6 heteroatoms. The summed E-state index contributed by atoms with van der Waals surface area (Å²) in [4.78, 5) is 0. The highest BCUT2D eigenvalue weighted by Gasteiger charge is 2.48. The lowest BCUT2D eigenvalue weighted by atomic mass is 9.88. The van der Waals surface area contributed by atoms with E-state index < -0.39 is 7.75 Å². The SMILES string of the molecule is CN(C)P1(=O)OCC2(COC2)CO1. The van der Waals surface area contributed by atoms with Crippen LogP contribution < -0.4 is 0 Å². The van der Waals surface area contributed by atoms with Crippen LogP contribution in [0, 0.1) is 5.41 Å². The molecule has 0 aliphatic carbocycles. The van der Waals surface area contributed by atoms with Crippen LogP contribution in [0.1, 0.15) is 0 Å². The molecular weight excluding hydrogens is 193 g/mol. The molecule has 0 N–H and O–H groups in total. The minimum Gasteiger partial charge on any atom is -0.380 e. The second kappa shape index (κ2) is 3.04. The maximum Gasteiger partial charge on any atom is 0.407 e. The summed E-state index contributed by atoms with van der Waals surface area (Å²) < 4.78 is 28.9. The number of hydrogen-bond acceptors (Lipinski definition) is 4. The average Bonchev–Trinajstić information content (AvgIpc) is 2.03. The van der Waals surface area contributed by atoms with Crippen LogP contribution in [-0.4, -0.2) is 45.2 Å². The summed E-state index contributed by atoms with van der Waals surface area (Å²) in [5.74, 6) is 0. The molecule has 13 heavy (non-hydrogen) atoms. The van der Waals surface area contributed by atoms with E-state index in [9.17, 15) is 4.57 Å².